The van der Waals surface area contributed by atoms with E-state index in [1.165, 1.54) is 32.1 Å². The summed E-state index contributed by atoms with van der Waals surface area (Å²) in [6.07, 6.45) is 7.28. The monoisotopic (exact) mass is 244 g/mol. The fourth-order valence-electron chi connectivity index (χ4n) is 2.62. The fraction of sp³-hybridized carbons (Fsp3) is 1.00. The van der Waals surface area contributed by atoms with Crippen LogP contribution in [0.3, 0.4) is 0 Å². The van der Waals surface area contributed by atoms with Gasteiger partial charge < -0.3 is 8.85 Å². The molecule has 0 amide bonds. The Labute approximate surface area is 102 Å². The maximum atomic E-state index is 6.28. The lowest BCUT2D eigenvalue weighted by Gasteiger charge is -2.34. The summed E-state index contributed by atoms with van der Waals surface area (Å²) in [5.74, 6) is 0.771. The Balaban J connectivity index is 2.43. The summed E-state index contributed by atoms with van der Waals surface area (Å²) in [7, 11) is -1.87. The van der Waals surface area contributed by atoms with Crippen molar-refractivity contribution in [1.29, 1.82) is 0 Å². The summed E-state index contributed by atoms with van der Waals surface area (Å²) in [5, 5.41) is 0. The van der Waals surface area contributed by atoms with Gasteiger partial charge in [-0.05, 0) is 45.2 Å². The predicted molar refractivity (Wildman–Crippen MR) is 70.8 cm³/mol. The third-order valence-electron chi connectivity index (χ3n) is 3.84. The summed E-state index contributed by atoms with van der Waals surface area (Å²) in [4.78, 5) is 0. The van der Waals surface area contributed by atoms with Gasteiger partial charge in [-0.15, -0.1) is 0 Å². The van der Waals surface area contributed by atoms with E-state index in [9.17, 15) is 0 Å². The van der Waals surface area contributed by atoms with E-state index < -0.39 is 8.56 Å². The minimum Gasteiger partial charge on any atom is -0.395 e. The first-order chi connectivity index (χ1) is 7.61. The van der Waals surface area contributed by atoms with Gasteiger partial charge in [-0.25, -0.2) is 0 Å². The highest BCUT2D eigenvalue weighted by Gasteiger charge is 2.33. The topological polar surface area (TPSA) is 18.5 Å². The van der Waals surface area contributed by atoms with Crippen molar-refractivity contribution in [2.24, 2.45) is 5.92 Å². The highest BCUT2D eigenvalue weighted by molar-refractivity contribution is 6.65. The highest BCUT2D eigenvalue weighted by atomic mass is 28.4. The van der Waals surface area contributed by atoms with Crippen LogP contribution in [0.1, 0.15) is 52.9 Å². The van der Waals surface area contributed by atoms with Gasteiger partial charge in [-0.3, -0.25) is 0 Å². The molecule has 2 atom stereocenters. The molecule has 96 valence electrons. The number of hydrogen-bond acceptors (Lipinski definition) is 2. The first-order valence-electron chi connectivity index (χ1n) is 6.93. The predicted octanol–water partition coefficient (Wildman–Crippen LogP) is 4.10. The third-order valence-corrected chi connectivity index (χ3v) is 6.89. The molecule has 1 saturated carbocycles. The second kappa shape index (κ2) is 6.77. The molecule has 0 aromatic heterocycles. The Bertz CT molecular complexity index is 192. The third kappa shape index (κ3) is 4.19. The minimum absolute atomic E-state index is 0.392. The molecule has 0 heterocycles. The van der Waals surface area contributed by atoms with E-state index in [2.05, 4.69) is 27.3 Å². The largest absolute Gasteiger partial charge is 0.395 e. The molecule has 0 aromatic carbocycles. The van der Waals surface area contributed by atoms with Crippen molar-refractivity contribution < 1.29 is 8.85 Å². The van der Waals surface area contributed by atoms with E-state index in [4.69, 9.17) is 8.85 Å². The molecule has 0 bridgehead atoms. The molecular formula is C13H28O2Si. The van der Waals surface area contributed by atoms with E-state index in [1.54, 1.807) is 0 Å². The average Bonchev–Trinajstić information content (AvgIpc) is 2.30. The van der Waals surface area contributed by atoms with Crippen molar-refractivity contribution in [3.05, 3.63) is 0 Å². The van der Waals surface area contributed by atoms with E-state index in [0.717, 1.165) is 18.6 Å². The minimum atomic E-state index is -1.87. The quantitative estimate of drug-likeness (QED) is 0.655. The Hall–Kier alpha value is 0.137. The summed E-state index contributed by atoms with van der Waals surface area (Å²) < 4.78 is 12.1. The Kier molecular flexibility index (Phi) is 6.01. The first kappa shape index (κ1) is 14.2. The second-order valence-electron chi connectivity index (χ2n) is 5.14. The summed E-state index contributed by atoms with van der Waals surface area (Å²) in [6, 6.07) is 1.05. The lowest BCUT2D eigenvalue weighted by Crippen LogP contribution is -2.43. The molecule has 0 spiro atoms. The van der Waals surface area contributed by atoms with Crippen LogP contribution in [-0.2, 0) is 8.85 Å². The van der Waals surface area contributed by atoms with Gasteiger partial charge >= 0.3 is 8.56 Å². The van der Waals surface area contributed by atoms with Crippen molar-refractivity contribution in [3.8, 4) is 0 Å². The summed E-state index contributed by atoms with van der Waals surface area (Å²) >= 11 is 0. The van der Waals surface area contributed by atoms with Crippen molar-refractivity contribution in [2.45, 2.75) is 71.6 Å². The Morgan fingerprint density at radius 1 is 1.19 bits per heavy atom. The van der Waals surface area contributed by atoms with Gasteiger partial charge in [0.05, 0.1) is 0 Å². The fourth-order valence-corrected chi connectivity index (χ4v) is 4.65. The smallest absolute Gasteiger partial charge is 0.334 e. The van der Waals surface area contributed by atoms with Gasteiger partial charge in [0.15, 0.2) is 0 Å². The average molecular weight is 244 g/mol. The molecule has 0 aromatic rings. The lowest BCUT2D eigenvalue weighted by atomic mass is 9.86. The molecular weight excluding hydrogens is 216 g/mol. The molecule has 0 saturated heterocycles. The van der Waals surface area contributed by atoms with Gasteiger partial charge in [0.1, 0.15) is 0 Å². The Morgan fingerprint density at radius 2 is 1.81 bits per heavy atom. The van der Waals surface area contributed by atoms with Crippen LogP contribution >= 0.6 is 0 Å². The summed E-state index contributed by atoms with van der Waals surface area (Å²) in [5.41, 5.74) is 0. The zero-order chi connectivity index (χ0) is 12.0. The molecule has 3 heteroatoms. The van der Waals surface area contributed by atoms with Crippen LogP contribution in [0, 0.1) is 5.92 Å². The normalized spacial score (nSPS) is 24.0. The second-order valence-corrected chi connectivity index (χ2v) is 8.64. The van der Waals surface area contributed by atoms with Crippen LogP contribution in [0.5, 0.6) is 0 Å². The van der Waals surface area contributed by atoms with E-state index in [0.29, 0.717) is 6.10 Å². The molecule has 1 rings (SSSR count). The van der Waals surface area contributed by atoms with Crippen LogP contribution in [0.2, 0.25) is 12.6 Å². The maximum Gasteiger partial charge on any atom is 0.334 e. The van der Waals surface area contributed by atoms with Crippen LogP contribution < -0.4 is 0 Å². The number of hydrogen-bond donors (Lipinski definition) is 0. The van der Waals surface area contributed by atoms with Gasteiger partial charge in [-0.1, -0.05) is 26.2 Å². The van der Waals surface area contributed by atoms with Crippen molar-refractivity contribution in [2.75, 3.05) is 6.61 Å². The van der Waals surface area contributed by atoms with E-state index >= 15 is 0 Å². The van der Waals surface area contributed by atoms with Crippen LogP contribution in [0.25, 0.3) is 0 Å². The Morgan fingerprint density at radius 3 is 2.31 bits per heavy atom. The molecule has 1 aliphatic rings. The van der Waals surface area contributed by atoms with Crippen molar-refractivity contribution >= 4 is 8.56 Å². The molecule has 0 radical (unpaired) electrons. The molecule has 0 N–H and O–H groups in total. The SMILES string of the molecule is CCO[Si](C)(CC)OC(C)C1CCCCC1. The standard InChI is InChI=1S/C13H28O2Si/c1-5-14-16(4,6-2)15-12(3)13-10-8-7-9-11-13/h12-13H,5-11H2,1-4H3. The molecule has 16 heavy (non-hydrogen) atoms. The van der Waals surface area contributed by atoms with Gasteiger partial charge in [0.2, 0.25) is 0 Å². The van der Waals surface area contributed by atoms with Crippen LogP contribution in [0.4, 0.5) is 0 Å². The highest BCUT2D eigenvalue weighted by Crippen LogP contribution is 2.30. The van der Waals surface area contributed by atoms with Gasteiger partial charge in [0.25, 0.3) is 0 Å². The van der Waals surface area contributed by atoms with Crippen LogP contribution in [-0.4, -0.2) is 21.3 Å². The maximum absolute atomic E-state index is 6.28. The van der Waals surface area contributed by atoms with E-state index in [1.807, 2.05) is 0 Å². The zero-order valence-corrected chi connectivity index (χ0v) is 12.4. The van der Waals surface area contributed by atoms with Crippen molar-refractivity contribution in [1.82, 2.24) is 0 Å². The lowest BCUT2D eigenvalue weighted by molar-refractivity contribution is 0.0739. The first-order valence-corrected chi connectivity index (χ1v) is 9.45. The number of rotatable bonds is 6. The van der Waals surface area contributed by atoms with E-state index in [-0.39, 0.29) is 0 Å². The molecule has 2 nitrogen and oxygen atoms in total. The van der Waals surface area contributed by atoms with Crippen LogP contribution in [0.15, 0.2) is 0 Å². The molecule has 0 aliphatic heterocycles. The van der Waals surface area contributed by atoms with Gasteiger partial charge in [-0.2, -0.15) is 0 Å². The van der Waals surface area contributed by atoms with Gasteiger partial charge in [0, 0.05) is 12.7 Å². The molecule has 1 fully saturated rings. The molecule has 2 unspecified atom stereocenters. The molecule has 1 aliphatic carbocycles. The van der Waals surface area contributed by atoms with Crippen molar-refractivity contribution in [3.63, 3.8) is 0 Å². The summed E-state index contributed by atoms with van der Waals surface area (Å²) in [6.45, 7) is 9.49. The zero-order valence-electron chi connectivity index (χ0n) is 11.4.